The first-order valence-corrected chi connectivity index (χ1v) is 8.99. The van der Waals surface area contributed by atoms with Crippen molar-refractivity contribution < 1.29 is 14.3 Å². The fourth-order valence-corrected chi connectivity index (χ4v) is 3.27. The third-order valence-corrected chi connectivity index (χ3v) is 5.04. The van der Waals surface area contributed by atoms with Crippen LogP contribution in [0.25, 0.3) is 0 Å². The van der Waals surface area contributed by atoms with Crippen molar-refractivity contribution in [2.45, 2.75) is 33.1 Å². The third-order valence-electron chi connectivity index (χ3n) is 5.04. The zero-order chi connectivity index (χ0) is 16.7. The van der Waals surface area contributed by atoms with Gasteiger partial charge in [-0.05, 0) is 31.8 Å². The van der Waals surface area contributed by atoms with Crippen LogP contribution < -0.4 is 0 Å². The van der Waals surface area contributed by atoms with Crippen molar-refractivity contribution in [2.75, 3.05) is 59.0 Å². The van der Waals surface area contributed by atoms with Crippen LogP contribution in [0.1, 0.15) is 33.1 Å². The molecule has 2 heterocycles. The highest BCUT2D eigenvalue weighted by Gasteiger charge is 2.26. The van der Waals surface area contributed by atoms with E-state index in [0.717, 1.165) is 39.1 Å². The van der Waals surface area contributed by atoms with E-state index in [1.54, 1.807) is 0 Å². The minimum atomic E-state index is 0.185. The molecule has 0 bridgehead atoms. The minimum absolute atomic E-state index is 0.185. The number of carbonyl (C=O) groups is 2. The molecule has 2 amide bonds. The van der Waals surface area contributed by atoms with Crippen molar-refractivity contribution in [1.82, 2.24) is 14.7 Å². The van der Waals surface area contributed by atoms with E-state index in [0.29, 0.717) is 45.1 Å². The van der Waals surface area contributed by atoms with E-state index in [9.17, 15) is 9.59 Å². The summed E-state index contributed by atoms with van der Waals surface area (Å²) in [6.07, 6.45) is 2.62. The monoisotopic (exact) mass is 325 g/mol. The Morgan fingerprint density at radius 3 is 2.00 bits per heavy atom. The number of likely N-dealkylation sites (N-methyl/N-ethyl adjacent to an activating group) is 1. The second kappa shape index (κ2) is 9.23. The number of rotatable bonds is 6. The number of nitrogens with zero attached hydrogens (tertiary/aromatic N) is 3. The standard InChI is InChI=1S/C17H31N3O3/c1-3-18(4-2)14-17(22)20-9-7-19(8-10-20)16(21)13-15-5-11-23-12-6-15/h15H,3-14H2,1-2H3. The van der Waals surface area contributed by atoms with Gasteiger partial charge in [-0.25, -0.2) is 0 Å². The van der Waals surface area contributed by atoms with Gasteiger partial charge in [-0.15, -0.1) is 0 Å². The lowest BCUT2D eigenvalue weighted by Crippen LogP contribution is -2.52. The van der Waals surface area contributed by atoms with Gasteiger partial charge in [0, 0.05) is 45.8 Å². The van der Waals surface area contributed by atoms with Gasteiger partial charge in [-0.2, -0.15) is 0 Å². The topological polar surface area (TPSA) is 53.1 Å². The van der Waals surface area contributed by atoms with Gasteiger partial charge in [0.15, 0.2) is 0 Å². The summed E-state index contributed by atoms with van der Waals surface area (Å²) in [4.78, 5) is 30.6. The molecule has 0 aliphatic carbocycles. The summed E-state index contributed by atoms with van der Waals surface area (Å²) in [6.45, 7) is 10.7. The molecule has 0 spiro atoms. The van der Waals surface area contributed by atoms with E-state index < -0.39 is 0 Å². The Bertz CT molecular complexity index is 385. The van der Waals surface area contributed by atoms with Gasteiger partial charge < -0.3 is 14.5 Å². The minimum Gasteiger partial charge on any atom is -0.381 e. The quantitative estimate of drug-likeness (QED) is 0.725. The molecule has 2 rings (SSSR count). The molecule has 2 aliphatic rings. The highest BCUT2D eigenvalue weighted by molar-refractivity contribution is 5.79. The zero-order valence-corrected chi connectivity index (χ0v) is 14.6. The lowest BCUT2D eigenvalue weighted by molar-refractivity contribution is -0.141. The first-order valence-electron chi connectivity index (χ1n) is 8.99. The van der Waals surface area contributed by atoms with E-state index in [1.807, 2.05) is 9.80 Å². The zero-order valence-electron chi connectivity index (χ0n) is 14.6. The maximum atomic E-state index is 12.4. The van der Waals surface area contributed by atoms with Crippen molar-refractivity contribution in [1.29, 1.82) is 0 Å². The van der Waals surface area contributed by atoms with E-state index in [2.05, 4.69) is 18.7 Å². The summed E-state index contributed by atoms with van der Waals surface area (Å²) in [5.41, 5.74) is 0. The van der Waals surface area contributed by atoms with E-state index >= 15 is 0 Å². The number of amides is 2. The number of hydrogen-bond donors (Lipinski definition) is 0. The molecule has 0 radical (unpaired) electrons. The van der Waals surface area contributed by atoms with Crippen LogP contribution in [0.4, 0.5) is 0 Å². The molecule has 0 unspecified atom stereocenters. The van der Waals surface area contributed by atoms with Crippen LogP contribution in [0.15, 0.2) is 0 Å². The summed E-state index contributed by atoms with van der Waals surface area (Å²) in [7, 11) is 0. The summed E-state index contributed by atoms with van der Waals surface area (Å²) < 4.78 is 5.34. The molecule has 132 valence electrons. The highest BCUT2D eigenvalue weighted by Crippen LogP contribution is 2.20. The van der Waals surface area contributed by atoms with Crippen molar-refractivity contribution in [3.05, 3.63) is 0 Å². The Labute approximate surface area is 139 Å². The maximum absolute atomic E-state index is 12.4. The van der Waals surface area contributed by atoms with E-state index in [-0.39, 0.29) is 11.8 Å². The molecule has 0 saturated carbocycles. The molecule has 6 nitrogen and oxygen atoms in total. The Balaban J connectivity index is 1.72. The van der Waals surface area contributed by atoms with Gasteiger partial charge in [-0.1, -0.05) is 13.8 Å². The molecule has 0 atom stereocenters. The van der Waals surface area contributed by atoms with E-state index in [1.165, 1.54) is 0 Å². The first-order chi connectivity index (χ1) is 11.1. The van der Waals surface area contributed by atoms with Crippen LogP contribution in [0.2, 0.25) is 0 Å². The lowest BCUT2D eigenvalue weighted by Gasteiger charge is -2.36. The summed E-state index contributed by atoms with van der Waals surface area (Å²) in [5, 5.41) is 0. The molecule has 0 N–H and O–H groups in total. The summed E-state index contributed by atoms with van der Waals surface area (Å²) in [6, 6.07) is 0. The first kappa shape index (κ1) is 18.2. The molecule has 0 aromatic carbocycles. The Kier molecular flexibility index (Phi) is 7.30. The van der Waals surface area contributed by atoms with Crippen molar-refractivity contribution >= 4 is 11.8 Å². The fourth-order valence-electron chi connectivity index (χ4n) is 3.27. The van der Waals surface area contributed by atoms with Crippen molar-refractivity contribution in [2.24, 2.45) is 5.92 Å². The van der Waals surface area contributed by atoms with Gasteiger partial charge in [-0.3, -0.25) is 14.5 Å². The molecule has 6 heteroatoms. The van der Waals surface area contributed by atoms with Gasteiger partial charge in [0.2, 0.25) is 11.8 Å². The van der Waals surface area contributed by atoms with Crippen LogP contribution in [-0.2, 0) is 14.3 Å². The van der Waals surface area contributed by atoms with Crippen LogP contribution in [0.3, 0.4) is 0 Å². The molecule has 23 heavy (non-hydrogen) atoms. The Morgan fingerprint density at radius 2 is 1.48 bits per heavy atom. The Hall–Kier alpha value is -1.14. The number of ether oxygens (including phenoxy) is 1. The van der Waals surface area contributed by atoms with E-state index in [4.69, 9.17) is 4.74 Å². The van der Waals surface area contributed by atoms with Crippen molar-refractivity contribution in [3.63, 3.8) is 0 Å². The van der Waals surface area contributed by atoms with Gasteiger partial charge in [0.25, 0.3) is 0 Å². The number of carbonyl (C=O) groups excluding carboxylic acids is 2. The predicted molar refractivity (Wildman–Crippen MR) is 89.1 cm³/mol. The summed E-state index contributed by atoms with van der Waals surface area (Å²) >= 11 is 0. The van der Waals surface area contributed by atoms with Gasteiger partial charge >= 0.3 is 0 Å². The smallest absolute Gasteiger partial charge is 0.236 e. The predicted octanol–water partition coefficient (Wildman–Crippen LogP) is 0.816. The van der Waals surface area contributed by atoms with Gasteiger partial charge in [0.05, 0.1) is 6.54 Å². The van der Waals surface area contributed by atoms with Crippen LogP contribution in [0.5, 0.6) is 0 Å². The molecule has 2 aliphatic heterocycles. The highest BCUT2D eigenvalue weighted by atomic mass is 16.5. The largest absolute Gasteiger partial charge is 0.381 e. The normalized spacial score (nSPS) is 20.1. The van der Waals surface area contributed by atoms with Crippen LogP contribution in [-0.4, -0.2) is 85.5 Å². The average molecular weight is 325 g/mol. The molecule has 0 aromatic heterocycles. The second-order valence-corrected chi connectivity index (χ2v) is 6.48. The van der Waals surface area contributed by atoms with Crippen LogP contribution >= 0.6 is 0 Å². The molecule has 2 saturated heterocycles. The van der Waals surface area contributed by atoms with Crippen molar-refractivity contribution in [3.8, 4) is 0 Å². The second-order valence-electron chi connectivity index (χ2n) is 6.48. The molecule has 0 aromatic rings. The third kappa shape index (κ3) is 5.46. The fraction of sp³-hybridized carbons (Fsp3) is 0.882. The van der Waals surface area contributed by atoms with Crippen LogP contribution in [0, 0.1) is 5.92 Å². The SMILES string of the molecule is CCN(CC)CC(=O)N1CCN(C(=O)CC2CCOCC2)CC1. The Morgan fingerprint density at radius 1 is 0.957 bits per heavy atom. The average Bonchev–Trinajstić information content (AvgIpc) is 2.60. The maximum Gasteiger partial charge on any atom is 0.236 e. The summed E-state index contributed by atoms with van der Waals surface area (Å²) in [5.74, 6) is 0.900. The molecular formula is C17H31N3O3. The van der Waals surface area contributed by atoms with Gasteiger partial charge in [0.1, 0.15) is 0 Å². The molecule has 2 fully saturated rings. The number of piperazine rings is 1. The lowest BCUT2D eigenvalue weighted by atomic mass is 9.96. The molecular weight excluding hydrogens is 294 g/mol. The number of hydrogen-bond acceptors (Lipinski definition) is 4.